The first-order valence-electron chi connectivity index (χ1n) is 8.74. The maximum Gasteiger partial charge on any atom is 0.184 e. The molecule has 0 aliphatic heterocycles. The molecule has 0 atom stereocenters. The number of halogens is 3. The Bertz CT molecular complexity index is 1120. The summed E-state index contributed by atoms with van der Waals surface area (Å²) < 4.78 is 27.8. The lowest BCUT2D eigenvalue weighted by atomic mass is 10.1. The molecule has 3 nitrogen and oxygen atoms in total. The summed E-state index contributed by atoms with van der Waals surface area (Å²) in [4.78, 5) is 10.5. The van der Waals surface area contributed by atoms with E-state index in [-0.39, 0.29) is 5.52 Å². The van der Waals surface area contributed by atoms with E-state index in [9.17, 15) is 8.78 Å². The summed E-state index contributed by atoms with van der Waals surface area (Å²) >= 11 is 6.18. The summed E-state index contributed by atoms with van der Waals surface area (Å²) in [6.07, 6.45) is 3.24. The van der Waals surface area contributed by atoms with Gasteiger partial charge in [-0.3, -0.25) is 9.97 Å². The summed E-state index contributed by atoms with van der Waals surface area (Å²) in [6.45, 7) is 0.996. The van der Waals surface area contributed by atoms with Crippen molar-refractivity contribution in [1.29, 1.82) is 0 Å². The van der Waals surface area contributed by atoms with Crippen molar-refractivity contribution in [1.82, 2.24) is 9.97 Å². The Morgan fingerprint density at radius 3 is 2.54 bits per heavy atom. The van der Waals surface area contributed by atoms with E-state index >= 15 is 0 Å². The van der Waals surface area contributed by atoms with Gasteiger partial charge in [-0.15, -0.1) is 0 Å². The van der Waals surface area contributed by atoms with E-state index in [0.29, 0.717) is 23.5 Å². The quantitative estimate of drug-likeness (QED) is 0.429. The van der Waals surface area contributed by atoms with Crippen LogP contribution < -0.4 is 4.90 Å². The predicted molar refractivity (Wildman–Crippen MR) is 107 cm³/mol. The molecule has 0 bridgehead atoms. The summed E-state index contributed by atoms with van der Waals surface area (Å²) in [5.74, 6) is -1.84. The SMILES string of the molecule is Fc1ccc2c(CN(Cc3ccccn3)c3cccc(Cl)c3)ccnc2c1F. The highest BCUT2D eigenvalue weighted by Crippen LogP contribution is 2.27. The van der Waals surface area contributed by atoms with Crippen LogP contribution in [0.2, 0.25) is 5.02 Å². The van der Waals surface area contributed by atoms with Gasteiger partial charge < -0.3 is 4.90 Å². The fraction of sp³-hybridized carbons (Fsp3) is 0.0909. The molecule has 2 aromatic carbocycles. The van der Waals surface area contributed by atoms with Gasteiger partial charge in [0.25, 0.3) is 0 Å². The van der Waals surface area contributed by atoms with Crippen molar-refractivity contribution >= 4 is 28.2 Å². The molecule has 0 saturated carbocycles. The third-order valence-electron chi connectivity index (χ3n) is 4.51. The van der Waals surface area contributed by atoms with E-state index in [0.717, 1.165) is 23.0 Å². The largest absolute Gasteiger partial charge is 0.361 e. The molecule has 0 saturated heterocycles. The predicted octanol–water partition coefficient (Wildman–Crippen LogP) is 5.77. The minimum Gasteiger partial charge on any atom is -0.361 e. The molecule has 0 spiro atoms. The van der Waals surface area contributed by atoms with Gasteiger partial charge in [0.05, 0.1) is 12.2 Å². The van der Waals surface area contributed by atoms with Gasteiger partial charge in [0, 0.05) is 35.0 Å². The molecule has 0 unspecified atom stereocenters. The van der Waals surface area contributed by atoms with E-state index in [1.807, 2.05) is 48.5 Å². The van der Waals surface area contributed by atoms with Crippen LogP contribution in [0.15, 0.2) is 73.1 Å². The minimum atomic E-state index is -0.932. The fourth-order valence-electron chi connectivity index (χ4n) is 3.16. The molecule has 0 aliphatic carbocycles. The molecule has 6 heteroatoms. The van der Waals surface area contributed by atoms with Gasteiger partial charge >= 0.3 is 0 Å². The minimum absolute atomic E-state index is 0.0291. The van der Waals surface area contributed by atoms with E-state index < -0.39 is 11.6 Å². The highest BCUT2D eigenvalue weighted by molar-refractivity contribution is 6.30. The number of pyridine rings is 2. The van der Waals surface area contributed by atoms with E-state index in [1.165, 1.54) is 6.20 Å². The van der Waals surface area contributed by atoms with Crippen molar-refractivity contribution in [2.45, 2.75) is 13.1 Å². The molecule has 2 aromatic heterocycles. The maximum absolute atomic E-state index is 14.2. The fourth-order valence-corrected chi connectivity index (χ4v) is 3.34. The van der Waals surface area contributed by atoms with Gasteiger partial charge in [-0.25, -0.2) is 8.78 Å². The summed E-state index contributed by atoms with van der Waals surface area (Å²) in [5.41, 5.74) is 2.66. The summed E-state index contributed by atoms with van der Waals surface area (Å²) in [5, 5.41) is 1.20. The van der Waals surface area contributed by atoms with Crippen LogP contribution in [0, 0.1) is 11.6 Å². The number of benzene rings is 2. The standard InChI is InChI=1S/C22H16ClF2N3/c23-16-4-3-6-18(12-16)28(14-17-5-1-2-10-26-17)13-15-9-11-27-22-19(15)7-8-20(24)21(22)25/h1-12H,13-14H2. The number of hydrogen-bond acceptors (Lipinski definition) is 3. The number of nitrogens with zero attached hydrogens (tertiary/aromatic N) is 3. The van der Waals surface area contributed by atoms with Crippen molar-refractivity contribution in [2.24, 2.45) is 0 Å². The maximum atomic E-state index is 14.2. The highest BCUT2D eigenvalue weighted by atomic mass is 35.5. The second-order valence-electron chi connectivity index (χ2n) is 6.38. The van der Waals surface area contributed by atoms with Gasteiger partial charge in [-0.2, -0.15) is 0 Å². The average molecular weight is 396 g/mol. The molecule has 28 heavy (non-hydrogen) atoms. The lowest BCUT2D eigenvalue weighted by molar-refractivity contribution is 0.515. The lowest BCUT2D eigenvalue weighted by Gasteiger charge is -2.25. The number of aromatic nitrogens is 2. The van der Waals surface area contributed by atoms with Crippen molar-refractivity contribution in [3.63, 3.8) is 0 Å². The van der Waals surface area contributed by atoms with Crippen molar-refractivity contribution in [2.75, 3.05) is 4.90 Å². The van der Waals surface area contributed by atoms with Gasteiger partial charge in [0.15, 0.2) is 11.6 Å². The number of rotatable bonds is 5. The smallest absolute Gasteiger partial charge is 0.184 e. The van der Waals surface area contributed by atoms with E-state index in [1.54, 1.807) is 12.3 Å². The lowest BCUT2D eigenvalue weighted by Crippen LogP contribution is -2.23. The monoisotopic (exact) mass is 395 g/mol. The number of hydrogen-bond donors (Lipinski definition) is 0. The number of anilines is 1. The molecule has 0 N–H and O–H groups in total. The van der Waals surface area contributed by atoms with Crippen LogP contribution in [-0.2, 0) is 13.1 Å². The Morgan fingerprint density at radius 2 is 1.75 bits per heavy atom. The first kappa shape index (κ1) is 18.3. The van der Waals surface area contributed by atoms with E-state index in [4.69, 9.17) is 11.6 Å². The van der Waals surface area contributed by atoms with Gasteiger partial charge in [-0.1, -0.05) is 23.7 Å². The van der Waals surface area contributed by atoms with Crippen LogP contribution in [-0.4, -0.2) is 9.97 Å². The second-order valence-corrected chi connectivity index (χ2v) is 6.82. The Balaban J connectivity index is 1.76. The van der Waals surface area contributed by atoms with Gasteiger partial charge in [0.1, 0.15) is 5.52 Å². The molecule has 0 aliphatic rings. The highest BCUT2D eigenvalue weighted by Gasteiger charge is 2.15. The Kier molecular flexibility index (Phi) is 5.17. The van der Waals surface area contributed by atoms with Crippen LogP contribution >= 0.6 is 11.6 Å². The van der Waals surface area contributed by atoms with Crippen molar-refractivity contribution in [3.8, 4) is 0 Å². The van der Waals surface area contributed by atoms with Crippen LogP contribution in [0.25, 0.3) is 10.9 Å². The third-order valence-corrected chi connectivity index (χ3v) is 4.74. The zero-order valence-electron chi connectivity index (χ0n) is 14.8. The topological polar surface area (TPSA) is 29.0 Å². The average Bonchev–Trinajstić information content (AvgIpc) is 2.71. The van der Waals surface area contributed by atoms with Crippen molar-refractivity contribution in [3.05, 3.63) is 101 Å². The molecule has 4 aromatic rings. The molecule has 0 radical (unpaired) electrons. The molecule has 0 fully saturated rings. The molecule has 0 amide bonds. The molecular formula is C22H16ClF2N3. The van der Waals surface area contributed by atoms with Gasteiger partial charge in [-0.05, 0) is 54.1 Å². The van der Waals surface area contributed by atoms with Crippen LogP contribution in [0.3, 0.4) is 0 Å². The van der Waals surface area contributed by atoms with E-state index in [2.05, 4.69) is 14.9 Å². The third kappa shape index (κ3) is 3.80. The van der Waals surface area contributed by atoms with Crippen LogP contribution in [0.5, 0.6) is 0 Å². The molecule has 4 rings (SSSR count). The summed E-state index contributed by atoms with van der Waals surface area (Å²) in [7, 11) is 0. The van der Waals surface area contributed by atoms with Crippen LogP contribution in [0.4, 0.5) is 14.5 Å². The van der Waals surface area contributed by atoms with Gasteiger partial charge in [0.2, 0.25) is 0 Å². The first-order valence-corrected chi connectivity index (χ1v) is 9.11. The normalized spacial score (nSPS) is 11.0. The van der Waals surface area contributed by atoms with Crippen molar-refractivity contribution < 1.29 is 8.78 Å². The summed E-state index contributed by atoms with van der Waals surface area (Å²) in [6, 6.07) is 17.8. The molecule has 2 heterocycles. The second kappa shape index (κ2) is 7.90. The Morgan fingerprint density at radius 1 is 0.857 bits per heavy atom. The van der Waals surface area contributed by atoms with Crippen LogP contribution in [0.1, 0.15) is 11.3 Å². The molecular weight excluding hydrogens is 380 g/mol. The first-order chi connectivity index (χ1) is 13.6. The zero-order chi connectivity index (χ0) is 19.5. The zero-order valence-corrected chi connectivity index (χ0v) is 15.6. The number of fused-ring (bicyclic) bond motifs is 1. The Hall–Kier alpha value is -3.05. The Labute approximate surface area is 166 Å². The molecule has 140 valence electrons.